The van der Waals surface area contributed by atoms with Crippen molar-refractivity contribution in [2.75, 3.05) is 20.1 Å². The van der Waals surface area contributed by atoms with Gasteiger partial charge in [0.05, 0.1) is 0 Å². The molecule has 1 amide bonds. The lowest BCUT2D eigenvalue weighted by Crippen LogP contribution is -2.42. The lowest BCUT2D eigenvalue weighted by molar-refractivity contribution is -0.134. The topological polar surface area (TPSA) is 32.3 Å². The van der Waals surface area contributed by atoms with E-state index >= 15 is 0 Å². The Bertz CT molecular complexity index is 263. The van der Waals surface area contributed by atoms with Crippen LogP contribution >= 0.6 is 12.4 Å². The maximum Gasteiger partial charge on any atom is 0.222 e. The summed E-state index contributed by atoms with van der Waals surface area (Å²) >= 11 is 0. The first-order chi connectivity index (χ1) is 8.81. The van der Waals surface area contributed by atoms with Crippen LogP contribution in [-0.4, -0.2) is 37.0 Å². The van der Waals surface area contributed by atoms with Crippen LogP contribution in [0.1, 0.15) is 57.8 Å². The van der Waals surface area contributed by atoms with Gasteiger partial charge < -0.3 is 10.2 Å². The Balaban J connectivity index is 0.00000180. The Morgan fingerprint density at radius 1 is 1.16 bits per heavy atom. The van der Waals surface area contributed by atoms with E-state index < -0.39 is 0 Å². The average molecular weight is 289 g/mol. The first-order valence-electron chi connectivity index (χ1n) is 7.75. The van der Waals surface area contributed by atoms with Gasteiger partial charge in [-0.1, -0.05) is 19.3 Å². The van der Waals surface area contributed by atoms with Crippen LogP contribution in [0, 0.1) is 5.92 Å². The summed E-state index contributed by atoms with van der Waals surface area (Å²) in [7, 11) is 1.95. The van der Waals surface area contributed by atoms with Crippen LogP contribution in [-0.2, 0) is 4.79 Å². The molecule has 1 N–H and O–H groups in total. The van der Waals surface area contributed by atoms with Crippen molar-refractivity contribution in [1.29, 1.82) is 0 Å². The third kappa shape index (κ3) is 5.70. The zero-order valence-electron chi connectivity index (χ0n) is 12.2. The van der Waals surface area contributed by atoms with Gasteiger partial charge in [-0.2, -0.15) is 0 Å². The fourth-order valence-corrected chi connectivity index (χ4v) is 2.99. The maximum absolute atomic E-state index is 12.4. The van der Waals surface area contributed by atoms with Crippen molar-refractivity contribution in [3.8, 4) is 0 Å². The molecular formula is C15H29ClN2O. The molecule has 2 saturated carbocycles. The summed E-state index contributed by atoms with van der Waals surface area (Å²) in [6, 6.07) is 0.557. The Labute approximate surface area is 123 Å². The number of hydrogen-bond acceptors (Lipinski definition) is 2. The largest absolute Gasteiger partial charge is 0.339 e. The summed E-state index contributed by atoms with van der Waals surface area (Å²) in [6.45, 7) is 2.00. The van der Waals surface area contributed by atoms with Crippen LogP contribution in [0.2, 0.25) is 0 Å². The summed E-state index contributed by atoms with van der Waals surface area (Å²) in [6.07, 6.45) is 10.9. The van der Waals surface area contributed by atoms with Gasteiger partial charge in [-0.3, -0.25) is 4.79 Å². The van der Waals surface area contributed by atoms with Gasteiger partial charge in [-0.15, -0.1) is 12.4 Å². The first-order valence-corrected chi connectivity index (χ1v) is 7.75. The summed E-state index contributed by atoms with van der Waals surface area (Å²) in [5.41, 5.74) is 0. The molecule has 0 atom stereocenters. The van der Waals surface area contributed by atoms with E-state index in [0.29, 0.717) is 11.9 Å². The predicted octanol–water partition coefficient (Wildman–Crippen LogP) is 2.98. The molecule has 112 valence electrons. The number of amides is 1. The van der Waals surface area contributed by atoms with Crippen LogP contribution in [0.3, 0.4) is 0 Å². The van der Waals surface area contributed by atoms with Gasteiger partial charge in [-0.25, -0.2) is 0 Å². The molecule has 2 aliphatic rings. The molecule has 2 rings (SSSR count). The van der Waals surface area contributed by atoms with E-state index in [9.17, 15) is 4.79 Å². The van der Waals surface area contributed by atoms with Gasteiger partial charge in [0, 0.05) is 19.0 Å². The minimum Gasteiger partial charge on any atom is -0.339 e. The molecule has 0 radical (unpaired) electrons. The molecule has 0 heterocycles. The van der Waals surface area contributed by atoms with Crippen LogP contribution in [0.15, 0.2) is 0 Å². The lowest BCUT2D eigenvalue weighted by atomic mass is 9.93. The Morgan fingerprint density at radius 2 is 1.84 bits per heavy atom. The maximum atomic E-state index is 12.4. The van der Waals surface area contributed by atoms with Gasteiger partial charge >= 0.3 is 0 Å². The second-order valence-electron chi connectivity index (χ2n) is 5.99. The smallest absolute Gasteiger partial charge is 0.222 e. The predicted molar refractivity (Wildman–Crippen MR) is 81.7 cm³/mol. The number of rotatable bonds is 7. The molecule has 2 fully saturated rings. The van der Waals surface area contributed by atoms with E-state index in [4.69, 9.17) is 0 Å². The Hall–Kier alpha value is -0.280. The van der Waals surface area contributed by atoms with Crippen molar-refractivity contribution in [2.24, 2.45) is 5.92 Å². The van der Waals surface area contributed by atoms with Gasteiger partial charge in [0.2, 0.25) is 5.91 Å². The van der Waals surface area contributed by atoms with Gasteiger partial charge in [0.25, 0.3) is 0 Å². The van der Waals surface area contributed by atoms with Crippen molar-refractivity contribution in [3.63, 3.8) is 0 Å². The molecule has 0 unspecified atom stereocenters. The highest BCUT2D eigenvalue weighted by Crippen LogP contribution is 2.32. The van der Waals surface area contributed by atoms with Crippen molar-refractivity contribution < 1.29 is 4.79 Å². The molecule has 0 saturated heterocycles. The number of nitrogens with one attached hydrogen (secondary N) is 1. The monoisotopic (exact) mass is 288 g/mol. The van der Waals surface area contributed by atoms with Crippen molar-refractivity contribution in [3.05, 3.63) is 0 Å². The molecule has 0 aromatic carbocycles. The molecule has 0 aromatic heterocycles. The molecule has 0 bridgehead atoms. The van der Waals surface area contributed by atoms with Gasteiger partial charge in [0.1, 0.15) is 0 Å². The highest BCUT2D eigenvalue weighted by molar-refractivity contribution is 5.85. The van der Waals surface area contributed by atoms with Crippen LogP contribution in [0.4, 0.5) is 0 Å². The third-order valence-electron chi connectivity index (χ3n) is 4.31. The number of carbonyl (C=O) groups excluding carboxylic acids is 1. The summed E-state index contributed by atoms with van der Waals surface area (Å²) < 4.78 is 0. The standard InChI is InChI=1S/C15H28N2O.ClH/c1-16-11-5-8-15(18)17(12-13-9-10-13)14-6-3-2-4-7-14;/h13-14,16H,2-12H2,1H3;1H. The van der Waals surface area contributed by atoms with E-state index in [1.165, 1.54) is 44.9 Å². The molecule has 4 heteroatoms. The van der Waals surface area contributed by atoms with Crippen molar-refractivity contribution in [2.45, 2.75) is 63.8 Å². The molecule has 3 nitrogen and oxygen atoms in total. The zero-order chi connectivity index (χ0) is 12.8. The molecule has 19 heavy (non-hydrogen) atoms. The summed E-state index contributed by atoms with van der Waals surface area (Å²) in [5, 5.41) is 3.12. The first kappa shape index (κ1) is 16.8. The minimum atomic E-state index is 0. The number of carbonyl (C=O) groups is 1. The summed E-state index contributed by atoms with van der Waals surface area (Å²) in [4.78, 5) is 14.6. The van der Waals surface area contributed by atoms with Crippen molar-refractivity contribution in [1.82, 2.24) is 10.2 Å². The fourth-order valence-electron chi connectivity index (χ4n) is 2.99. The zero-order valence-corrected chi connectivity index (χ0v) is 13.0. The third-order valence-corrected chi connectivity index (χ3v) is 4.31. The second-order valence-corrected chi connectivity index (χ2v) is 5.99. The van der Waals surface area contributed by atoms with E-state index in [1.807, 2.05) is 7.05 Å². The summed E-state index contributed by atoms with van der Waals surface area (Å²) in [5.74, 6) is 1.23. The normalized spacial score (nSPS) is 19.8. The van der Waals surface area contributed by atoms with E-state index in [0.717, 1.165) is 31.8 Å². The van der Waals surface area contributed by atoms with Crippen LogP contribution in [0.5, 0.6) is 0 Å². The second kappa shape index (κ2) is 8.80. The molecular weight excluding hydrogens is 260 g/mol. The van der Waals surface area contributed by atoms with Crippen LogP contribution < -0.4 is 5.32 Å². The number of hydrogen-bond donors (Lipinski definition) is 1. The molecule has 0 aliphatic heterocycles. The van der Waals surface area contributed by atoms with Gasteiger partial charge in [-0.05, 0) is 51.6 Å². The highest BCUT2D eigenvalue weighted by Gasteiger charge is 2.31. The number of halogens is 1. The van der Waals surface area contributed by atoms with Crippen LogP contribution in [0.25, 0.3) is 0 Å². The average Bonchev–Trinajstić information content (AvgIpc) is 3.21. The van der Waals surface area contributed by atoms with E-state index in [1.54, 1.807) is 0 Å². The number of nitrogens with zero attached hydrogens (tertiary/aromatic N) is 1. The van der Waals surface area contributed by atoms with E-state index in [2.05, 4.69) is 10.2 Å². The highest BCUT2D eigenvalue weighted by atomic mass is 35.5. The van der Waals surface area contributed by atoms with Crippen molar-refractivity contribution >= 4 is 18.3 Å². The Kier molecular flexibility index (Phi) is 7.77. The quantitative estimate of drug-likeness (QED) is 0.731. The molecule has 0 spiro atoms. The molecule has 0 aromatic rings. The van der Waals surface area contributed by atoms with E-state index in [-0.39, 0.29) is 12.4 Å². The lowest BCUT2D eigenvalue weighted by Gasteiger charge is -2.34. The fraction of sp³-hybridized carbons (Fsp3) is 0.933. The Morgan fingerprint density at radius 3 is 2.42 bits per heavy atom. The van der Waals surface area contributed by atoms with Gasteiger partial charge in [0.15, 0.2) is 0 Å². The minimum absolute atomic E-state index is 0. The molecule has 2 aliphatic carbocycles. The SMILES string of the molecule is CNCCCC(=O)N(CC1CC1)C1CCCCC1.Cl.